The molecule has 1 saturated heterocycles. The van der Waals surface area contributed by atoms with Crippen LogP contribution < -0.4 is 0 Å². The maximum Gasteiger partial charge on any atom is 0.345 e. The van der Waals surface area contributed by atoms with Gasteiger partial charge in [-0.2, -0.15) is 0 Å². The summed E-state index contributed by atoms with van der Waals surface area (Å²) in [5.74, 6) is -0.803. The minimum atomic E-state index is -0.803. The SMILES string of the molecule is CCCC1CCCCN1Cc1cc(C(=O)O)sc1C. The molecule has 3 nitrogen and oxygen atoms in total. The van der Waals surface area contributed by atoms with Crippen molar-refractivity contribution in [2.75, 3.05) is 6.54 Å². The lowest BCUT2D eigenvalue weighted by Gasteiger charge is -2.35. The van der Waals surface area contributed by atoms with Gasteiger partial charge in [0.05, 0.1) is 0 Å². The van der Waals surface area contributed by atoms with Gasteiger partial charge in [0.2, 0.25) is 0 Å². The third-order valence-corrected chi connectivity index (χ3v) is 5.06. The molecule has 0 aliphatic carbocycles. The lowest BCUT2D eigenvalue weighted by Crippen LogP contribution is -2.38. The Bertz CT molecular complexity index is 439. The van der Waals surface area contributed by atoms with Crippen molar-refractivity contribution in [2.45, 2.75) is 58.5 Å². The minimum Gasteiger partial charge on any atom is -0.477 e. The van der Waals surface area contributed by atoms with Crippen molar-refractivity contribution in [3.63, 3.8) is 0 Å². The van der Waals surface area contributed by atoms with Crippen LogP contribution in [0.4, 0.5) is 0 Å². The Morgan fingerprint density at radius 3 is 2.95 bits per heavy atom. The van der Waals surface area contributed by atoms with Gasteiger partial charge in [0.15, 0.2) is 0 Å². The summed E-state index contributed by atoms with van der Waals surface area (Å²) in [6.07, 6.45) is 6.39. The van der Waals surface area contributed by atoms with E-state index in [4.69, 9.17) is 5.11 Å². The van der Waals surface area contributed by atoms with Gasteiger partial charge in [-0.15, -0.1) is 11.3 Å². The molecule has 0 saturated carbocycles. The van der Waals surface area contributed by atoms with E-state index in [-0.39, 0.29) is 0 Å². The fourth-order valence-electron chi connectivity index (χ4n) is 2.93. The Labute approximate surface area is 119 Å². The number of aryl methyl sites for hydroxylation is 1. The number of thiophene rings is 1. The van der Waals surface area contributed by atoms with Crippen LogP contribution in [-0.4, -0.2) is 28.6 Å². The average molecular weight is 281 g/mol. The molecule has 0 bridgehead atoms. The maximum atomic E-state index is 11.0. The van der Waals surface area contributed by atoms with Crippen molar-refractivity contribution in [1.82, 2.24) is 4.90 Å². The van der Waals surface area contributed by atoms with E-state index in [1.54, 1.807) is 0 Å². The molecule has 0 aromatic carbocycles. The van der Waals surface area contributed by atoms with Crippen molar-refractivity contribution in [3.8, 4) is 0 Å². The highest BCUT2D eigenvalue weighted by Crippen LogP contribution is 2.27. The minimum absolute atomic E-state index is 0.469. The summed E-state index contributed by atoms with van der Waals surface area (Å²) in [6.45, 7) is 6.35. The Balaban J connectivity index is 2.08. The number of hydrogen-bond acceptors (Lipinski definition) is 3. The third-order valence-electron chi connectivity index (χ3n) is 3.98. The summed E-state index contributed by atoms with van der Waals surface area (Å²) in [4.78, 5) is 15.2. The van der Waals surface area contributed by atoms with E-state index < -0.39 is 5.97 Å². The van der Waals surface area contributed by atoms with Gasteiger partial charge in [-0.05, 0) is 44.4 Å². The molecule has 0 radical (unpaired) electrons. The molecule has 1 N–H and O–H groups in total. The monoisotopic (exact) mass is 281 g/mol. The van der Waals surface area contributed by atoms with Crippen LogP contribution in [0.1, 0.15) is 59.1 Å². The molecular formula is C15H23NO2S. The fourth-order valence-corrected chi connectivity index (χ4v) is 3.80. The van der Waals surface area contributed by atoms with E-state index in [1.165, 1.54) is 49.0 Å². The van der Waals surface area contributed by atoms with Crippen LogP contribution in [0, 0.1) is 6.92 Å². The number of likely N-dealkylation sites (tertiary alicyclic amines) is 1. The van der Waals surface area contributed by atoms with Crippen LogP contribution in [0.25, 0.3) is 0 Å². The first-order valence-corrected chi connectivity index (χ1v) is 8.00. The molecule has 1 aliphatic heterocycles. The molecule has 1 unspecified atom stereocenters. The van der Waals surface area contributed by atoms with Crippen LogP contribution in [0.5, 0.6) is 0 Å². The van der Waals surface area contributed by atoms with Gasteiger partial charge in [-0.3, -0.25) is 4.90 Å². The zero-order chi connectivity index (χ0) is 13.8. The van der Waals surface area contributed by atoms with Crippen molar-refractivity contribution in [2.24, 2.45) is 0 Å². The molecule has 1 aliphatic rings. The van der Waals surface area contributed by atoms with Crippen LogP contribution in [0.3, 0.4) is 0 Å². The number of carbonyl (C=O) groups is 1. The molecule has 4 heteroatoms. The van der Waals surface area contributed by atoms with Crippen LogP contribution in [-0.2, 0) is 6.54 Å². The number of piperidine rings is 1. The Hall–Kier alpha value is -0.870. The summed E-state index contributed by atoms with van der Waals surface area (Å²) in [6, 6.07) is 2.55. The van der Waals surface area contributed by atoms with Crippen molar-refractivity contribution >= 4 is 17.3 Å². The second-order valence-corrected chi connectivity index (χ2v) is 6.66. The van der Waals surface area contributed by atoms with Crippen LogP contribution in [0.2, 0.25) is 0 Å². The summed E-state index contributed by atoms with van der Waals surface area (Å²) in [5, 5.41) is 9.06. The van der Waals surface area contributed by atoms with Gasteiger partial charge in [-0.25, -0.2) is 4.79 Å². The number of nitrogens with zero attached hydrogens (tertiary/aromatic N) is 1. The van der Waals surface area contributed by atoms with Crippen molar-refractivity contribution in [3.05, 3.63) is 21.4 Å². The highest BCUT2D eigenvalue weighted by Gasteiger charge is 2.23. The first kappa shape index (κ1) is 14.5. The average Bonchev–Trinajstić information content (AvgIpc) is 2.74. The Morgan fingerprint density at radius 1 is 1.53 bits per heavy atom. The zero-order valence-electron chi connectivity index (χ0n) is 11.8. The van der Waals surface area contributed by atoms with Crippen molar-refractivity contribution in [1.29, 1.82) is 0 Å². The third kappa shape index (κ3) is 3.57. The fraction of sp³-hybridized carbons (Fsp3) is 0.667. The summed E-state index contributed by atoms with van der Waals surface area (Å²) in [7, 11) is 0. The molecule has 2 rings (SSSR count). The van der Waals surface area contributed by atoms with Gasteiger partial charge >= 0.3 is 5.97 Å². The van der Waals surface area contributed by atoms with Gasteiger partial charge < -0.3 is 5.11 Å². The molecule has 1 atom stereocenters. The lowest BCUT2D eigenvalue weighted by atomic mass is 9.97. The summed E-state index contributed by atoms with van der Waals surface area (Å²) < 4.78 is 0. The predicted octanol–water partition coefficient (Wildman–Crippen LogP) is 3.91. The molecule has 0 amide bonds. The highest BCUT2D eigenvalue weighted by molar-refractivity contribution is 7.14. The number of carboxylic acids is 1. The Morgan fingerprint density at radius 2 is 2.32 bits per heavy atom. The van der Waals surface area contributed by atoms with E-state index in [9.17, 15) is 4.79 Å². The lowest BCUT2D eigenvalue weighted by molar-refractivity contribution is 0.0702. The molecule has 19 heavy (non-hydrogen) atoms. The molecule has 1 fully saturated rings. The van der Waals surface area contributed by atoms with E-state index in [0.29, 0.717) is 10.9 Å². The van der Waals surface area contributed by atoms with Gasteiger partial charge in [0.25, 0.3) is 0 Å². The van der Waals surface area contributed by atoms with Gasteiger partial charge in [0.1, 0.15) is 4.88 Å². The molecule has 106 valence electrons. The molecule has 1 aromatic heterocycles. The van der Waals surface area contributed by atoms with Gasteiger partial charge in [-0.1, -0.05) is 19.8 Å². The normalized spacial score (nSPS) is 20.6. The predicted molar refractivity (Wildman–Crippen MR) is 79.0 cm³/mol. The quantitative estimate of drug-likeness (QED) is 0.889. The Kier molecular flexibility index (Phi) is 4.99. The van der Waals surface area contributed by atoms with Crippen molar-refractivity contribution < 1.29 is 9.90 Å². The summed E-state index contributed by atoms with van der Waals surface area (Å²) >= 11 is 1.40. The van der Waals surface area contributed by atoms with E-state index in [0.717, 1.165) is 18.0 Å². The second-order valence-electron chi connectivity index (χ2n) is 5.41. The molecule has 0 spiro atoms. The second kappa shape index (κ2) is 6.53. The zero-order valence-corrected chi connectivity index (χ0v) is 12.6. The van der Waals surface area contributed by atoms with E-state index >= 15 is 0 Å². The number of carboxylic acid groups (broad SMARTS) is 1. The number of hydrogen-bond donors (Lipinski definition) is 1. The van der Waals surface area contributed by atoms with E-state index in [2.05, 4.69) is 11.8 Å². The summed E-state index contributed by atoms with van der Waals surface area (Å²) in [5.41, 5.74) is 1.20. The van der Waals surface area contributed by atoms with Crippen LogP contribution >= 0.6 is 11.3 Å². The maximum absolute atomic E-state index is 11.0. The molecular weight excluding hydrogens is 258 g/mol. The van der Waals surface area contributed by atoms with Crippen LogP contribution in [0.15, 0.2) is 6.07 Å². The number of rotatable bonds is 5. The van der Waals surface area contributed by atoms with E-state index in [1.807, 2.05) is 13.0 Å². The highest BCUT2D eigenvalue weighted by atomic mass is 32.1. The first-order chi connectivity index (χ1) is 9.11. The largest absolute Gasteiger partial charge is 0.477 e. The van der Waals surface area contributed by atoms with Gasteiger partial charge in [0, 0.05) is 17.5 Å². The molecule has 1 aromatic rings. The number of aromatic carboxylic acids is 1. The smallest absolute Gasteiger partial charge is 0.345 e. The standard InChI is InChI=1S/C15H23NO2S/c1-3-6-13-7-4-5-8-16(13)10-12-9-14(15(17)18)19-11(12)2/h9,13H,3-8,10H2,1-2H3,(H,17,18). The molecule has 2 heterocycles. The topological polar surface area (TPSA) is 40.5 Å². The first-order valence-electron chi connectivity index (χ1n) is 7.18.